The molecule has 7 heteroatoms. The van der Waals surface area contributed by atoms with E-state index in [-0.39, 0.29) is 11.2 Å². The minimum absolute atomic E-state index is 0.0770. The molecule has 3 heterocycles. The molecular formula is C25H23F3N4. The molecule has 2 aromatic carbocycles. The highest BCUT2D eigenvalue weighted by molar-refractivity contribution is 5.77. The molecule has 0 aliphatic carbocycles. The van der Waals surface area contributed by atoms with E-state index in [1.807, 2.05) is 29.7 Å². The Morgan fingerprint density at radius 1 is 0.969 bits per heavy atom. The number of nitrogens with one attached hydrogen (secondary N) is 1. The average Bonchev–Trinajstić information content (AvgIpc) is 2.98. The van der Waals surface area contributed by atoms with E-state index in [2.05, 4.69) is 39.6 Å². The Bertz CT molecular complexity index is 1320. The summed E-state index contributed by atoms with van der Waals surface area (Å²) in [7, 11) is 0. The lowest BCUT2D eigenvalue weighted by Crippen LogP contribution is -2.09. The Balaban J connectivity index is 1.55. The van der Waals surface area contributed by atoms with Gasteiger partial charge in [0.05, 0.1) is 12.1 Å². The number of aryl methyl sites for hydroxylation is 4. The molecule has 0 bridgehead atoms. The minimum atomic E-state index is -4.47. The maximum atomic E-state index is 13.6. The highest BCUT2D eigenvalue weighted by atomic mass is 19.4. The Morgan fingerprint density at radius 3 is 2.50 bits per heavy atom. The number of pyridine rings is 1. The third-order valence-electron chi connectivity index (χ3n) is 5.99. The fourth-order valence-corrected chi connectivity index (χ4v) is 4.44. The summed E-state index contributed by atoms with van der Waals surface area (Å²) in [6, 6.07) is 15.6. The van der Waals surface area contributed by atoms with Crippen LogP contribution in [-0.2, 0) is 32.0 Å². The number of para-hydroxylation sites is 1. The normalized spacial score (nSPS) is 13.4. The van der Waals surface area contributed by atoms with E-state index < -0.39 is 11.7 Å². The molecule has 1 N–H and O–H groups in total. The molecule has 0 spiro atoms. The van der Waals surface area contributed by atoms with Gasteiger partial charge in [-0.1, -0.05) is 37.3 Å². The second kappa shape index (κ2) is 7.65. The summed E-state index contributed by atoms with van der Waals surface area (Å²) in [5, 5.41) is 3.52. The number of nitrogens with zero attached hydrogens (tertiary/aromatic N) is 3. The van der Waals surface area contributed by atoms with Crippen LogP contribution in [0.4, 0.5) is 24.5 Å². The Labute approximate surface area is 184 Å². The lowest BCUT2D eigenvalue weighted by molar-refractivity contribution is -0.136. The number of halogens is 3. The van der Waals surface area contributed by atoms with Crippen LogP contribution in [0.25, 0.3) is 11.2 Å². The Morgan fingerprint density at radius 2 is 1.72 bits per heavy atom. The lowest BCUT2D eigenvalue weighted by Gasteiger charge is -2.13. The van der Waals surface area contributed by atoms with Crippen LogP contribution in [0.5, 0.6) is 0 Å². The quantitative estimate of drug-likeness (QED) is 0.415. The first-order valence-corrected chi connectivity index (χ1v) is 10.7. The fourth-order valence-electron chi connectivity index (χ4n) is 4.44. The molecule has 0 fully saturated rings. The first-order chi connectivity index (χ1) is 15.3. The average molecular weight is 436 g/mol. The van der Waals surface area contributed by atoms with Gasteiger partial charge in [-0.05, 0) is 54.7 Å². The van der Waals surface area contributed by atoms with Crippen molar-refractivity contribution in [3.05, 3.63) is 82.3 Å². The number of fused-ring (bicyclic) bond motifs is 3. The van der Waals surface area contributed by atoms with Gasteiger partial charge in [0.2, 0.25) is 0 Å². The minimum Gasteiger partial charge on any atom is -0.355 e. The van der Waals surface area contributed by atoms with Crippen LogP contribution in [0.3, 0.4) is 0 Å². The van der Waals surface area contributed by atoms with Crippen LogP contribution >= 0.6 is 0 Å². The van der Waals surface area contributed by atoms with Gasteiger partial charge in [-0.3, -0.25) is 0 Å². The Hall–Kier alpha value is -3.35. The van der Waals surface area contributed by atoms with Crippen LogP contribution in [0.1, 0.15) is 40.7 Å². The van der Waals surface area contributed by atoms with Crippen LogP contribution in [0.15, 0.2) is 48.5 Å². The van der Waals surface area contributed by atoms with Crippen molar-refractivity contribution >= 4 is 22.5 Å². The Kier molecular flexibility index (Phi) is 4.92. The van der Waals surface area contributed by atoms with Gasteiger partial charge in [-0.25, -0.2) is 9.97 Å². The third kappa shape index (κ3) is 3.61. The van der Waals surface area contributed by atoms with Crippen LogP contribution < -0.4 is 5.32 Å². The van der Waals surface area contributed by atoms with Crippen LogP contribution in [-0.4, -0.2) is 14.5 Å². The molecule has 0 atom stereocenters. The van der Waals surface area contributed by atoms with Crippen molar-refractivity contribution in [2.75, 3.05) is 5.32 Å². The van der Waals surface area contributed by atoms with Gasteiger partial charge in [-0.15, -0.1) is 0 Å². The van der Waals surface area contributed by atoms with E-state index in [0.29, 0.717) is 24.5 Å². The third-order valence-corrected chi connectivity index (χ3v) is 5.99. The van der Waals surface area contributed by atoms with Gasteiger partial charge in [0, 0.05) is 23.5 Å². The molecule has 164 valence electrons. The topological polar surface area (TPSA) is 42.7 Å². The van der Waals surface area contributed by atoms with Crippen molar-refractivity contribution in [1.29, 1.82) is 0 Å². The predicted octanol–water partition coefficient (Wildman–Crippen LogP) is 6.21. The van der Waals surface area contributed by atoms with E-state index >= 15 is 0 Å². The van der Waals surface area contributed by atoms with E-state index in [1.54, 1.807) is 6.92 Å². The van der Waals surface area contributed by atoms with Gasteiger partial charge in [0.15, 0.2) is 5.65 Å². The number of aromatic nitrogens is 3. The van der Waals surface area contributed by atoms with Crippen molar-refractivity contribution < 1.29 is 13.2 Å². The molecule has 32 heavy (non-hydrogen) atoms. The number of hydrogen-bond acceptors (Lipinski definition) is 3. The maximum Gasteiger partial charge on any atom is 0.418 e. The number of hydrogen-bond donors (Lipinski definition) is 1. The standard InChI is InChI=1S/C25H23F3N4/c1-3-22-31-23-19(25(26,27)28)12-15(2)29-24(23)32(22)14-16-8-11-21-18(13-16)10-9-17-6-4-5-7-20(17)30-21/h4-8,11-13,30H,3,9-10,14H2,1-2H3. The molecule has 1 aliphatic heterocycles. The monoisotopic (exact) mass is 436 g/mol. The molecule has 0 radical (unpaired) electrons. The van der Waals surface area contributed by atoms with E-state index in [9.17, 15) is 13.2 Å². The highest BCUT2D eigenvalue weighted by Gasteiger charge is 2.35. The van der Waals surface area contributed by atoms with Crippen molar-refractivity contribution in [1.82, 2.24) is 14.5 Å². The summed E-state index contributed by atoms with van der Waals surface area (Å²) >= 11 is 0. The predicted molar refractivity (Wildman–Crippen MR) is 119 cm³/mol. The molecule has 1 aliphatic rings. The molecule has 0 saturated carbocycles. The lowest BCUT2D eigenvalue weighted by atomic mass is 10.0. The molecule has 5 rings (SSSR count). The summed E-state index contributed by atoms with van der Waals surface area (Å²) in [5.41, 5.74) is 5.49. The first-order valence-electron chi connectivity index (χ1n) is 10.7. The molecule has 2 aromatic heterocycles. The summed E-state index contributed by atoms with van der Waals surface area (Å²) in [4.78, 5) is 8.76. The van der Waals surface area contributed by atoms with Gasteiger partial charge in [-0.2, -0.15) is 13.2 Å². The summed E-state index contributed by atoms with van der Waals surface area (Å²) in [6.07, 6.45) is -2.12. The molecular weight excluding hydrogens is 413 g/mol. The number of benzene rings is 2. The zero-order chi connectivity index (χ0) is 22.5. The van der Waals surface area contributed by atoms with Crippen LogP contribution in [0, 0.1) is 6.92 Å². The molecule has 4 nitrogen and oxygen atoms in total. The van der Waals surface area contributed by atoms with Crippen molar-refractivity contribution in [3.8, 4) is 0 Å². The largest absolute Gasteiger partial charge is 0.418 e. The van der Waals surface area contributed by atoms with Crippen molar-refractivity contribution in [2.24, 2.45) is 0 Å². The first kappa shape index (κ1) is 20.5. The molecule has 0 saturated heterocycles. The van der Waals surface area contributed by atoms with Gasteiger partial charge < -0.3 is 9.88 Å². The molecule has 4 aromatic rings. The van der Waals surface area contributed by atoms with Crippen LogP contribution in [0.2, 0.25) is 0 Å². The number of alkyl halides is 3. The van der Waals surface area contributed by atoms with E-state index in [4.69, 9.17) is 0 Å². The highest BCUT2D eigenvalue weighted by Crippen LogP contribution is 2.35. The SMILES string of the molecule is CCc1nc2c(C(F)(F)F)cc(C)nc2n1Cc1ccc2c(c1)CCc1ccccc1N2. The van der Waals surface area contributed by atoms with Crippen molar-refractivity contribution in [2.45, 2.75) is 45.8 Å². The van der Waals surface area contributed by atoms with Gasteiger partial charge in [0.1, 0.15) is 11.3 Å². The van der Waals surface area contributed by atoms with E-state index in [0.717, 1.165) is 35.8 Å². The second-order valence-corrected chi connectivity index (χ2v) is 8.22. The summed E-state index contributed by atoms with van der Waals surface area (Å²) in [6.45, 7) is 3.91. The second-order valence-electron chi connectivity index (χ2n) is 8.22. The zero-order valence-corrected chi connectivity index (χ0v) is 17.9. The number of rotatable bonds is 3. The smallest absolute Gasteiger partial charge is 0.355 e. The summed E-state index contributed by atoms with van der Waals surface area (Å²) < 4.78 is 42.7. The van der Waals surface area contributed by atoms with Gasteiger partial charge >= 0.3 is 6.18 Å². The van der Waals surface area contributed by atoms with Crippen molar-refractivity contribution in [3.63, 3.8) is 0 Å². The fraction of sp³-hybridized carbons (Fsp3) is 0.280. The van der Waals surface area contributed by atoms with E-state index in [1.165, 1.54) is 11.1 Å². The molecule has 0 amide bonds. The molecule has 0 unspecified atom stereocenters. The zero-order valence-electron chi connectivity index (χ0n) is 17.9. The number of imidazole rings is 1. The van der Waals surface area contributed by atoms with Gasteiger partial charge in [0.25, 0.3) is 0 Å². The summed E-state index contributed by atoms with van der Waals surface area (Å²) in [5.74, 6) is 0.601. The number of anilines is 2. The maximum absolute atomic E-state index is 13.6.